The summed E-state index contributed by atoms with van der Waals surface area (Å²) < 4.78 is 20.0. The number of likely N-dealkylation sites (tertiary alicyclic amines) is 1. The van der Waals surface area contributed by atoms with Gasteiger partial charge in [-0.2, -0.15) is 0 Å². The Hall–Kier alpha value is -2.31. The molecule has 1 atom stereocenters. The maximum Gasteiger partial charge on any atom is 0.227 e. The normalized spacial score (nSPS) is 18.8. The molecule has 1 aliphatic rings. The van der Waals surface area contributed by atoms with Gasteiger partial charge >= 0.3 is 0 Å². The van der Waals surface area contributed by atoms with E-state index in [1.807, 2.05) is 0 Å². The highest BCUT2D eigenvalue weighted by atomic mass is 35.5. The summed E-state index contributed by atoms with van der Waals surface area (Å²) in [5.41, 5.74) is 5.05. The molecular weight excluding hydrogens is 430 g/mol. The molecule has 0 aromatic heterocycles. The Morgan fingerprint density at radius 2 is 1.97 bits per heavy atom. The van der Waals surface area contributed by atoms with E-state index >= 15 is 0 Å². The molecule has 30 heavy (non-hydrogen) atoms. The largest absolute Gasteiger partial charge is 0.493 e. The van der Waals surface area contributed by atoms with Crippen LogP contribution in [-0.2, 0) is 16.0 Å². The number of amides is 2. The summed E-state index contributed by atoms with van der Waals surface area (Å²) in [6, 6.07) is 11.3. The molecule has 2 N–H and O–H groups in total. The van der Waals surface area contributed by atoms with E-state index in [2.05, 4.69) is 0 Å². The van der Waals surface area contributed by atoms with E-state index < -0.39 is 17.1 Å². The molecule has 0 aliphatic carbocycles. The van der Waals surface area contributed by atoms with Gasteiger partial charge in [-0.15, -0.1) is 0 Å². The summed E-state index contributed by atoms with van der Waals surface area (Å²) >= 11 is 12.1. The van der Waals surface area contributed by atoms with Crippen molar-refractivity contribution in [1.82, 2.24) is 4.90 Å². The van der Waals surface area contributed by atoms with Crippen LogP contribution in [0.4, 0.5) is 4.39 Å². The lowest BCUT2D eigenvalue weighted by Crippen LogP contribution is -2.50. The van der Waals surface area contributed by atoms with Crippen molar-refractivity contribution in [2.45, 2.75) is 25.7 Å². The second kappa shape index (κ2) is 9.67. The second-order valence-corrected chi connectivity index (χ2v) is 8.53. The standard InChI is InChI=1S/C22H23Cl2FN2O3/c23-15-4-1-5-16(10-15)30-14-22(12-20(26)28)8-3-9-27(13-22)21(29)11-17-18(24)6-2-7-19(17)25/h1-2,4-7,10H,3,8-9,11-14H2,(H2,26,28)/t22-/m1/s1. The van der Waals surface area contributed by atoms with Crippen molar-refractivity contribution in [3.05, 3.63) is 63.9 Å². The number of hydrogen-bond donors (Lipinski definition) is 1. The maximum absolute atomic E-state index is 14.1. The molecule has 2 aromatic carbocycles. The zero-order chi connectivity index (χ0) is 21.7. The number of halogens is 3. The third-order valence-electron chi connectivity index (χ3n) is 5.29. The molecular formula is C22H23Cl2FN2O3. The van der Waals surface area contributed by atoms with Crippen LogP contribution in [0.25, 0.3) is 0 Å². The van der Waals surface area contributed by atoms with Gasteiger partial charge < -0.3 is 15.4 Å². The van der Waals surface area contributed by atoms with Crippen LogP contribution in [0, 0.1) is 11.2 Å². The number of piperidine rings is 1. The highest BCUT2D eigenvalue weighted by Gasteiger charge is 2.39. The summed E-state index contributed by atoms with van der Waals surface area (Å²) in [5.74, 6) is -0.650. The number of benzene rings is 2. The monoisotopic (exact) mass is 452 g/mol. The molecule has 1 aliphatic heterocycles. The number of carbonyl (C=O) groups excluding carboxylic acids is 2. The molecule has 0 bridgehead atoms. The Kier molecular flexibility index (Phi) is 7.21. The Morgan fingerprint density at radius 3 is 2.67 bits per heavy atom. The van der Waals surface area contributed by atoms with Crippen LogP contribution < -0.4 is 10.5 Å². The number of primary amides is 1. The number of hydrogen-bond acceptors (Lipinski definition) is 3. The van der Waals surface area contributed by atoms with Gasteiger partial charge in [0, 0.05) is 40.5 Å². The van der Waals surface area contributed by atoms with Crippen molar-refractivity contribution in [1.29, 1.82) is 0 Å². The average Bonchev–Trinajstić information content (AvgIpc) is 2.69. The first-order valence-corrected chi connectivity index (χ1v) is 10.4. The van der Waals surface area contributed by atoms with Gasteiger partial charge in [-0.1, -0.05) is 35.3 Å². The molecule has 2 amide bonds. The van der Waals surface area contributed by atoms with Crippen molar-refractivity contribution >= 4 is 35.0 Å². The van der Waals surface area contributed by atoms with Gasteiger partial charge in [0.25, 0.3) is 0 Å². The predicted octanol–water partition coefficient (Wildman–Crippen LogP) is 4.24. The fourth-order valence-electron chi connectivity index (χ4n) is 3.86. The van der Waals surface area contributed by atoms with Crippen molar-refractivity contribution in [3.8, 4) is 5.75 Å². The van der Waals surface area contributed by atoms with Crippen molar-refractivity contribution in [3.63, 3.8) is 0 Å². The number of nitrogens with zero attached hydrogens (tertiary/aromatic N) is 1. The first kappa shape index (κ1) is 22.4. The summed E-state index contributed by atoms with van der Waals surface area (Å²) in [5, 5.41) is 0.756. The average molecular weight is 453 g/mol. The van der Waals surface area contributed by atoms with Crippen molar-refractivity contribution in [2.24, 2.45) is 11.1 Å². The third-order valence-corrected chi connectivity index (χ3v) is 5.88. The zero-order valence-corrected chi connectivity index (χ0v) is 17.9. The molecule has 0 unspecified atom stereocenters. The summed E-state index contributed by atoms with van der Waals surface area (Å²) in [4.78, 5) is 26.3. The van der Waals surface area contributed by atoms with E-state index in [1.165, 1.54) is 12.1 Å². The fraction of sp³-hybridized carbons (Fsp3) is 0.364. The SMILES string of the molecule is NC(=O)C[C@]1(COc2cccc(Cl)c2)CCCN(C(=O)Cc2c(F)cccc2Cl)C1. The molecule has 0 saturated carbocycles. The minimum Gasteiger partial charge on any atom is -0.493 e. The fourth-order valence-corrected chi connectivity index (χ4v) is 4.27. The summed E-state index contributed by atoms with van der Waals surface area (Å²) in [6.45, 7) is 1.02. The molecule has 2 aromatic rings. The molecule has 0 radical (unpaired) electrons. The van der Waals surface area contributed by atoms with E-state index in [9.17, 15) is 14.0 Å². The van der Waals surface area contributed by atoms with Crippen LogP contribution in [-0.4, -0.2) is 36.4 Å². The van der Waals surface area contributed by atoms with E-state index in [-0.39, 0.29) is 35.9 Å². The Bertz CT molecular complexity index is 920. The third kappa shape index (κ3) is 5.64. The van der Waals surface area contributed by atoms with Gasteiger partial charge in [-0.3, -0.25) is 9.59 Å². The smallest absolute Gasteiger partial charge is 0.227 e. The molecule has 5 nitrogen and oxygen atoms in total. The predicted molar refractivity (Wildman–Crippen MR) is 114 cm³/mol. The van der Waals surface area contributed by atoms with Crippen molar-refractivity contribution in [2.75, 3.05) is 19.7 Å². The van der Waals surface area contributed by atoms with E-state index in [0.717, 1.165) is 0 Å². The van der Waals surface area contributed by atoms with Gasteiger partial charge in [0.05, 0.1) is 13.0 Å². The molecule has 1 fully saturated rings. The van der Waals surface area contributed by atoms with Crippen LogP contribution in [0.2, 0.25) is 10.0 Å². The summed E-state index contributed by atoms with van der Waals surface area (Å²) in [6.07, 6.45) is 1.30. The van der Waals surface area contributed by atoms with Gasteiger partial charge in [0.1, 0.15) is 11.6 Å². The van der Waals surface area contributed by atoms with Gasteiger partial charge in [0.15, 0.2) is 0 Å². The topological polar surface area (TPSA) is 72.6 Å². The molecule has 1 heterocycles. The van der Waals surface area contributed by atoms with Crippen LogP contribution in [0.15, 0.2) is 42.5 Å². The first-order chi connectivity index (χ1) is 14.3. The number of nitrogens with two attached hydrogens (primary N) is 1. The van der Waals surface area contributed by atoms with Crippen molar-refractivity contribution < 1.29 is 18.7 Å². The number of ether oxygens (including phenoxy) is 1. The molecule has 8 heteroatoms. The van der Waals surface area contributed by atoms with E-state index in [0.29, 0.717) is 36.7 Å². The summed E-state index contributed by atoms with van der Waals surface area (Å²) in [7, 11) is 0. The van der Waals surface area contributed by atoms with Crippen LogP contribution in [0.5, 0.6) is 5.75 Å². The highest BCUT2D eigenvalue weighted by Crippen LogP contribution is 2.35. The quantitative estimate of drug-likeness (QED) is 0.682. The Morgan fingerprint density at radius 1 is 1.20 bits per heavy atom. The van der Waals surface area contributed by atoms with Crippen LogP contribution in [0.1, 0.15) is 24.8 Å². The van der Waals surface area contributed by atoms with E-state index in [4.69, 9.17) is 33.7 Å². The van der Waals surface area contributed by atoms with E-state index in [1.54, 1.807) is 35.2 Å². The lowest BCUT2D eigenvalue weighted by Gasteiger charge is -2.42. The van der Waals surface area contributed by atoms with Crippen LogP contribution in [0.3, 0.4) is 0 Å². The van der Waals surface area contributed by atoms with Gasteiger partial charge in [-0.05, 0) is 43.2 Å². The minimum atomic E-state index is -0.624. The number of carbonyl (C=O) groups is 2. The molecule has 160 valence electrons. The Balaban J connectivity index is 1.74. The van der Waals surface area contributed by atoms with Gasteiger partial charge in [-0.25, -0.2) is 4.39 Å². The lowest BCUT2D eigenvalue weighted by molar-refractivity contribution is -0.136. The van der Waals surface area contributed by atoms with Crippen LogP contribution >= 0.6 is 23.2 Å². The molecule has 0 spiro atoms. The maximum atomic E-state index is 14.1. The molecule has 1 saturated heterocycles. The second-order valence-electron chi connectivity index (χ2n) is 7.68. The number of rotatable bonds is 7. The zero-order valence-electron chi connectivity index (χ0n) is 16.4. The minimum absolute atomic E-state index is 0.0812. The first-order valence-electron chi connectivity index (χ1n) is 9.65. The lowest BCUT2D eigenvalue weighted by atomic mass is 9.77. The molecule has 3 rings (SSSR count). The Labute approximate surface area is 184 Å². The highest BCUT2D eigenvalue weighted by molar-refractivity contribution is 6.31. The van der Waals surface area contributed by atoms with Gasteiger partial charge in [0.2, 0.25) is 11.8 Å².